The lowest BCUT2D eigenvalue weighted by Gasteiger charge is -2.22. The Morgan fingerprint density at radius 3 is 1.38 bits per heavy atom. The predicted molar refractivity (Wildman–Crippen MR) is 309 cm³/mol. The lowest BCUT2D eigenvalue weighted by molar-refractivity contribution is -0.118. The van der Waals surface area contributed by atoms with E-state index in [1.165, 1.54) is 50.8 Å². The highest BCUT2D eigenvalue weighted by Crippen LogP contribution is 2.36. The third kappa shape index (κ3) is 16.8. The van der Waals surface area contributed by atoms with Crippen molar-refractivity contribution in [3.63, 3.8) is 0 Å². The van der Waals surface area contributed by atoms with E-state index in [1.54, 1.807) is 56.5 Å². The molecule has 9 aromatic rings. The summed E-state index contributed by atoms with van der Waals surface area (Å²) in [4.78, 5) is 48.5. The summed E-state index contributed by atoms with van der Waals surface area (Å²) in [7, 11) is -1.41. The van der Waals surface area contributed by atoms with E-state index >= 15 is 0 Å². The second-order valence-electron chi connectivity index (χ2n) is 16.4. The summed E-state index contributed by atoms with van der Waals surface area (Å²) in [5.74, 6) is 2.52. The molecule has 0 fully saturated rings. The summed E-state index contributed by atoms with van der Waals surface area (Å²) in [6.07, 6.45) is 6.72. The average Bonchev–Trinajstić information content (AvgIpc) is 4.32. The molecule has 0 saturated heterocycles. The van der Waals surface area contributed by atoms with Crippen LogP contribution in [0.15, 0.2) is 175 Å². The summed E-state index contributed by atoms with van der Waals surface area (Å²) < 4.78 is 31.3. The normalized spacial score (nSPS) is 11.2. The van der Waals surface area contributed by atoms with Gasteiger partial charge in [0.15, 0.2) is 33.4 Å². The highest BCUT2D eigenvalue weighted by atomic mass is 32.2. The Morgan fingerprint density at radius 2 is 0.949 bits per heavy atom. The molecule has 3 aromatic carbocycles. The molecule has 0 aliphatic heterocycles. The minimum Gasteiger partial charge on any atom is -0.461 e. The second-order valence-corrected chi connectivity index (χ2v) is 21.7. The van der Waals surface area contributed by atoms with Crippen molar-refractivity contribution in [3.8, 4) is 34.8 Å². The minimum atomic E-state index is -1.41. The number of carbonyl (C=O) groups excluding carboxylic acids is 4. The van der Waals surface area contributed by atoms with Crippen LogP contribution >= 0.6 is 35.3 Å². The largest absolute Gasteiger partial charge is 0.461 e. The van der Waals surface area contributed by atoms with Crippen LogP contribution in [0, 0.1) is 0 Å². The number of benzene rings is 3. The fourth-order valence-corrected chi connectivity index (χ4v) is 10.0. The Morgan fingerprint density at radius 1 is 0.551 bits per heavy atom. The number of para-hydroxylation sites is 3. The van der Waals surface area contributed by atoms with E-state index in [0.29, 0.717) is 74.6 Å². The number of hydrogen-bond acceptors (Lipinski definition) is 17. The number of anilines is 3. The van der Waals surface area contributed by atoms with Gasteiger partial charge in [-0.2, -0.15) is 0 Å². The van der Waals surface area contributed by atoms with Crippen molar-refractivity contribution in [1.29, 1.82) is 0 Å². The number of furan rings is 3. The molecule has 0 saturated carbocycles. The molecule has 0 aliphatic carbocycles. The molecule has 6 heterocycles. The topological polar surface area (TPSA) is 253 Å². The van der Waals surface area contributed by atoms with Crippen LogP contribution in [-0.4, -0.2) is 93.5 Å². The maximum absolute atomic E-state index is 12.7. The van der Waals surface area contributed by atoms with Crippen LogP contribution < -0.4 is 16.0 Å². The summed E-state index contributed by atoms with van der Waals surface area (Å²) in [5, 5.41) is 34.5. The van der Waals surface area contributed by atoms with Crippen molar-refractivity contribution in [2.75, 3.05) is 28.0 Å². The standard InChI is InChI=1S/C18H20N4O2S.C17H18N4O3S2.C15H12N4O3S.2C2H6/c1-4-22-15(14-11-8-12-24-14)20-21-17(22)25-18(2,3)16(23)19-13-9-6-5-7-10-13;1-17(2,15(22)18-12-8-5-4-6-9-12)25-16-20-19-14(21(16)26(3)23)13-10-7-11-24-13;20-10-19-14(12-7-4-8-22-12)17-18-15(19)23-9-13(21)16-11-5-2-1-3-6-11;2*1-2/h5-12H,4H2,1-3H3,(H,19,23);4-11H,1-3H3,(H,18,22);1-8,10H,9H2,(H,16,21);2*1-2H3. The first-order valence-electron chi connectivity index (χ1n) is 24.5. The number of rotatable bonds is 18. The maximum atomic E-state index is 12.7. The van der Waals surface area contributed by atoms with Gasteiger partial charge in [0.1, 0.15) is 11.0 Å². The molecule has 410 valence electrons. The van der Waals surface area contributed by atoms with E-state index in [2.05, 4.69) is 46.5 Å². The van der Waals surface area contributed by atoms with Crippen LogP contribution in [0.25, 0.3) is 34.8 Å². The summed E-state index contributed by atoms with van der Waals surface area (Å²) in [6.45, 7) is 18.0. The molecule has 78 heavy (non-hydrogen) atoms. The number of carbonyl (C=O) groups is 4. The van der Waals surface area contributed by atoms with Crippen molar-refractivity contribution in [3.05, 3.63) is 146 Å². The Balaban J connectivity index is 0.000000209. The van der Waals surface area contributed by atoms with Gasteiger partial charge in [-0.05, 0) is 107 Å². The smallest absolute Gasteiger partial charge is 0.240 e. The highest BCUT2D eigenvalue weighted by Gasteiger charge is 2.34. The SMILES string of the molecule is CC.CC.CCn1c(SC(C)(C)C(=O)Nc2ccccc2)nnc1-c1ccco1.CS(=O)n1c(SC(C)(C)C(=O)Nc2ccccc2)nnc1-c1ccco1.O=Cn1c(SCC(=O)Nc2ccccc2)nnc1-c1ccco1. The number of nitrogens with zero attached hydrogens (tertiary/aromatic N) is 9. The van der Waals surface area contributed by atoms with Gasteiger partial charge in [-0.25, -0.2) is 12.7 Å². The van der Waals surface area contributed by atoms with Gasteiger partial charge in [-0.1, -0.05) is 118 Å². The molecule has 0 radical (unpaired) electrons. The van der Waals surface area contributed by atoms with Crippen molar-refractivity contribution in [1.82, 2.24) is 43.7 Å². The van der Waals surface area contributed by atoms with Crippen LogP contribution in [0.2, 0.25) is 0 Å². The third-order valence-corrected chi connectivity index (χ3v) is 14.4. The van der Waals surface area contributed by atoms with Crippen LogP contribution in [0.4, 0.5) is 17.1 Å². The second kappa shape index (κ2) is 30.2. The van der Waals surface area contributed by atoms with E-state index < -0.39 is 20.5 Å². The van der Waals surface area contributed by atoms with Crippen LogP contribution in [0.3, 0.4) is 0 Å². The highest BCUT2D eigenvalue weighted by molar-refractivity contribution is 8.01. The number of aromatic nitrogens is 9. The lowest BCUT2D eigenvalue weighted by Crippen LogP contribution is -2.34. The van der Waals surface area contributed by atoms with Crippen molar-refractivity contribution in [2.45, 2.75) is 93.8 Å². The summed E-state index contributed by atoms with van der Waals surface area (Å²) >= 11 is 3.69. The molecule has 6 aromatic heterocycles. The predicted octanol–water partition coefficient (Wildman–Crippen LogP) is 11.6. The molecule has 20 nitrogen and oxygen atoms in total. The molecule has 1 atom stereocenters. The van der Waals surface area contributed by atoms with E-state index in [4.69, 9.17) is 13.3 Å². The van der Waals surface area contributed by atoms with E-state index in [9.17, 15) is 23.4 Å². The van der Waals surface area contributed by atoms with E-state index in [-0.39, 0.29) is 23.5 Å². The van der Waals surface area contributed by atoms with Gasteiger partial charge in [0.25, 0.3) is 0 Å². The lowest BCUT2D eigenvalue weighted by atomic mass is 10.2. The zero-order valence-corrected chi connectivity index (χ0v) is 48.0. The van der Waals surface area contributed by atoms with Crippen molar-refractivity contribution < 1.29 is 36.6 Å². The van der Waals surface area contributed by atoms with Gasteiger partial charge in [0.05, 0.1) is 34.0 Å². The molecular weight excluding hydrogens is 1070 g/mol. The van der Waals surface area contributed by atoms with E-state index in [1.807, 2.05) is 144 Å². The summed E-state index contributed by atoms with van der Waals surface area (Å²) in [5.41, 5.74) is 2.20. The Hall–Kier alpha value is -7.80. The Bertz CT molecular complexity index is 3250. The average molecular weight is 1140 g/mol. The van der Waals surface area contributed by atoms with Crippen LogP contribution in [0.1, 0.15) is 62.3 Å². The van der Waals surface area contributed by atoms with Gasteiger partial charge >= 0.3 is 0 Å². The van der Waals surface area contributed by atoms with E-state index in [0.717, 1.165) is 17.4 Å². The van der Waals surface area contributed by atoms with Crippen molar-refractivity contribution in [2.24, 2.45) is 0 Å². The monoisotopic (exact) mass is 1130 g/mol. The molecular formula is C54H62N12O8S4. The molecule has 1 unspecified atom stereocenters. The molecule has 0 aliphatic rings. The van der Waals surface area contributed by atoms with Crippen molar-refractivity contribution >= 4 is 87.5 Å². The van der Waals surface area contributed by atoms with Gasteiger partial charge in [-0.15, -0.1) is 30.6 Å². The fraction of sp³-hybridized carbons (Fsp3) is 0.259. The van der Waals surface area contributed by atoms with Gasteiger partial charge in [0.2, 0.25) is 40.9 Å². The molecule has 3 N–H and O–H groups in total. The summed E-state index contributed by atoms with van der Waals surface area (Å²) in [6, 6.07) is 38.2. The first-order chi connectivity index (χ1) is 37.7. The zero-order valence-electron chi connectivity index (χ0n) is 44.8. The fourth-order valence-electron chi connectivity index (χ4n) is 6.40. The number of thioether (sulfide) groups is 3. The minimum absolute atomic E-state index is 0.0890. The van der Waals surface area contributed by atoms with Gasteiger partial charge < -0.3 is 29.2 Å². The zero-order chi connectivity index (χ0) is 56.7. The Kier molecular flexibility index (Phi) is 23.7. The number of nitrogens with one attached hydrogen (secondary N) is 3. The van der Waals surface area contributed by atoms with Crippen LogP contribution in [0.5, 0.6) is 0 Å². The van der Waals surface area contributed by atoms with Gasteiger partial charge in [-0.3, -0.25) is 23.7 Å². The molecule has 3 amide bonds. The molecule has 0 bridgehead atoms. The van der Waals surface area contributed by atoms with Crippen LogP contribution in [-0.2, 0) is 36.7 Å². The molecule has 24 heteroatoms. The third-order valence-electron chi connectivity index (χ3n) is 10.1. The number of hydrogen-bond donors (Lipinski definition) is 3. The molecule has 9 rings (SSSR count). The van der Waals surface area contributed by atoms with Gasteiger partial charge in [0, 0.05) is 29.9 Å². The first-order valence-corrected chi connectivity index (χ1v) is 28.6. The molecule has 0 spiro atoms. The first kappa shape index (κ1) is 61.1. The maximum Gasteiger partial charge on any atom is 0.240 e. The quantitative estimate of drug-likeness (QED) is 0.0533. The number of amides is 3. The Labute approximate surface area is 468 Å².